The number of hydrogen-bond donors (Lipinski definition) is 2. The molecule has 2 rings (SSSR count). The molecule has 3 amide bonds. The lowest BCUT2D eigenvalue weighted by Crippen LogP contribution is -2.41. The molecular weight excluding hydrogens is 264 g/mol. The minimum atomic E-state index is -0.404. The van der Waals surface area contributed by atoms with E-state index in [1.165, 1.54) is 11.8 Å². The molecule has 1 aliphatic carbocycles. The number of benzene rings is 1. The Morgan fingerprint density at radius 1 is 1.42 bits per heavy atom. The maximum atomic E-state index is 11.6. The lowest BCUT2D eigenvalue weighted by Gasteiger charge is -2.06. The van der Waals surface area contributed by atoms with Crippen molar-refractivity contribution in [1.29, 1.82) is 0 Å². The second kappa shape index (κ2) is 6.47. The van der Waals surface area contributed by atoms with Crippen molar-refractivity contribution >= 4 is 23.7 Å². The summed E-state index contributed by atoms with van der Waals surface area (Å²) in [4.78, 5) is 23.8. The highest BCUT2D eigenvalue weighted by molar-refractivity contribution is 8.00. The van der Waals surface area contributed by atoms with Crippen LogP contribution in [0.2, 0.25) is 0 Å². The van der Waals surface area contributed by atoms with Crippen LogP contribution in [0.4, 0.5) is 4.79 Å². The lowest BCUT2D eigenvalue weighted by molar-refractivity contribution is -0.117. The van der Waals surface area contributed by atoms with Gasteiger partial charge in [-0.2, -0.15) is 0 Å². The fourth-order valence-electron chi connectivity index (χ4n) is 1.45. The molecule has 102 valence electrons. The summed E-state index contributed by atoms with van der Waals surface area (Å²) in [5.41, 5.74) is 0. The summed E-state index contributed by atoms with van der Waals surface area (Å²) < 4.78 is 5.10. The van der Waals surface area contributed by atoms with Crippen LogP contribution in [0.5, 0.6) is 5.75 Å². The minimum Gasteiger partial charge on any atom is -0.497 e. The molecule has 1 saturated carbocycles. The van der Waals surface area contributed by atoms with Crippen LogP contribution in [0.1, 0.15) is 12.8 Å². The maximum absolute atomic E-state index is 11.6. The highest BCUT2D eigenvalue weighted by Gasteiger charge is 2.23. The van der Waals surface area contributed by atoms with Gasteiger partial charge in [-0.25, -0.2) is 4.79 Å². The van der Waals surface area contributed by atoms with Gasteiger partial charge in [0.1, 0.15) is 5.75 Å². The Labute approximate surface area is 116 Å². The average molecular weight is 280 g/mol. The maximum Gasteiger partial charge on any atom is 0.321 e. The molecule has 0 aromatic heterocycles. The van der Waals surface area contributed by atoms with Crippen molar-refractivity contribution in [3.8, 4) is 5.75 Å². The van der Waals surface area contributed by atoms with Crippen molar-refractivity contribution in [2.45, 2.75) is 23.8 Å². The van der Waals surface area contributed by atoms with Gasteiger partial charge in [0, 0.05) is 10.9 Å². The molecule has 0 atom stereocenters. The first kappa shape index (κ1) is 13.7. The number of amides is 3. The fraction of sp³-hybridized carbons (Fsp3) is 0.385. The zero-order valence-corrected chi connectivity index (χ0v) is 11.5. The number of rotatable bonds is 5. The van der Waals surface area contributed by atoms with Crippen LogP contribution in [-0.2, 0) is 4.79 Å². The van der Waals surface area contributed by atoms with Crippen LogP contribution in [0, 0.1) is 0 Å². The molecule has 1 fully saturated rings. The SMILES string of the molecule is COc1cccc(SCC(=O)NC(=O)NC2CC2)c1. The number of ether oxygens (including phenoxy) is 1. The molecule has 0 heterocycles. The number of carbonyl (C=O) groups is 2. The monoisotopic (exact) mass is 280 g/mol. The summed E-state index contributed by atoms with van der Waals surface area (Å²) in [7, 11) is 1.60. The van der Waals surface area contributed by atoms with Crippen LogP contribution in [-0.4, -0.2) is 30.8 Å². The first-order valence-electron chi connectivity index (χ1n) is 6.04. The van der Waals surface area contributed by atoms with E-state index in [2.05, 4.69) is 10.6 Å². The van der Waals surface area contributed by atoms with Crippen molar-refractivity contribution in [2.75, 3.05) is 12.9 Å². The minimum absolute atomic E-state index is 0.200. The van der Waals surface area contributed by atoms with Gasteiger partial charge in [-0.15, -0.1) is 11.8 Å². The molecule has 1 aliphatic rings. The van der Waals surface area contributed by atoms with Crippen molar-refractivity contribution < 1.29 is 14.3 Å². The summed E-state index contributed by atoms with van der Waals surface area (Å²) in [6.45, 7) is 0. The zero-order valence-electron chi connectivity index (χ0n) is 10.6. The third-order valence-electron chi connectivity index (χ3n) is 2.58. The first-order valence-corrected chi connectivity index (χ1v) is 7.03. The molecule has 0 radical (unpaired) electrons. The van der Waals surface area contributed by atoms with Gasteiger partial charge in [0.15, 0.2) is 0 Å². The lowest BCUT2D eigenvalue weighted by atomic mass is 10.3. The Kier molecular flexibility index (Phi) is 4.68. The van der Waals surface area contributed by atoms with E-state index in [1.54, 1.807) is 7.11 Å². The second-order valence-electron chi connectivity index (χ2n) is 4.26. The number of urea groups is 1. The van der Waals surface area contributed by atoms with Gasteiger partial charge in [-0.1, -0.05) is 6.07 Å². The summed E-state index contributed by atoms with van der Waals surface area (Å²) in [5.74, 6) is 0.647. The highest BCUT2D eigenvalue weighted by Crippen LogP contribution is 2.22. The van der Waals surface area contributed by atoms with Gasteiger partial charge in [0.05, 0.1) is 12.9 Å². The Balaban J connectivity index is 1.74. The normalized spacial score (nSPS) is 13.7. The van der Waals surface area contributed by atoms with Crippen LogP contribution < -0.4 is 15.4 Å². The second-order valence-corrected chi connectivity index (χ2v) is 5.31. The molecule has 2 N–H and O–H groups in total. The van der Waals surface area contributed by atoms with Gasteiger partial charge in [-0.3, -0.25) is 10.1 Å². The summed E-state index contributed by atoms with van der Waals surface area (Å²) >= 11 is 1.36. The standard InChI is InChI=1S/C13H16N2O3S/c1-18-10-3-2-4-11(7-10)19-8-12(16)15-13(17)14-9-5-6-9/h2-4,7,9H,5-6,8H2,1H3,(H2,14,15,16,17). The molecule has 0 aliphatic heterocycles. The van der Waals surface area contributed by atoms with Crippen molar-refractivity contribution in [3.05, 3.63) is 24.3 Å². The number of imide groups is 1. The number of methoxy groups -OCH3 is 1. The van der Waals surface area contributed by atoms with E-state index in [-0.39, 0.29) is 17.7 Å². The largest absolute Gasteiger partial charge is 0.497 e. The van der Waals surface area contributed by atoms with Crippen molar-refractivity contribution in [3.63, 3.8) is 0 Å². The van der Waals surface area contributed by atoms with E-state index in [0.29, 0.717) is 0 Å². The molecule has 19 heavy (non-hydrogen) atoms. The zero-order chi connectivity index (χ0) is 13.7. The number of nitrogens with one attached hydrogen (secondary N) is 2. The summed E-state index contributed by atoms with van der Waals surface area (Å²) in [6, 6.07) is 7.29. The first-order chi connectivity index (χ1) is 9.17. The Bertz CT molecular complexity index is 475. The van der Waals surface area contributed by atoms with Gasteiger partial charge in [-0.05, 0) is 31.0 Å². The number of hydrogen-bond acceptors (Lipinski definition) is 4. The van der Waals surface area contributed by atoms with Crippen LogP contribution in [0.3, 0.4) is 0 Å². The van der Waals surface area contributed by atoms with E-state index in [0.717, 1.165) is 23.5 Å². The molecule has 0 spiro atoms. The average Bonchev–Trinajstić information content (AvgIpc) is 3.20. The molecule has 5 nitrogen and oxygen atoms in total. The molecule has 1 aromatic carbocycles. The Hall–Kier alpha value is -1.69. The predicted octanol–water partition coefficient (Wildman–Crippen LogP) is 1.78. The van der Waals surface area contributed by atoms with E-state index in [9.17, 15) is 9.59 Å². The molecule has 6 heteroatoms. The van der Waals surface area contributed by atoms with Crippen molar-refractivity contribution in [1.82, 2.24) is 10.6 Å². The van der Waals surface area contributed by atoms with Gasteiger partial charge >= 0.3 is 6.03 Å². The van der Waals surface area contributed by atoms with Crippen molar-refractivity contribution in [2.24, 2.45) is 0 Å². The molecule has 0 unspecified atom stereocenters. The summed E-state index contributed by atoms with van der Waals surface area (Å²) in [5, 5.41) is 5.01. The predicted molar refractivity (Wildman–Crippen MR) is 73.4 cm³/mol. The molecular formula is C13H16N2O3S. The third kappa shape index (κ3) is 4.82. The Morgan fingerprint density at radius 3 is 2.89 bits per heavy atom. The van der Waals surface area contributed by atoms with Crippen LogP contribution >= 0.6 is 11.8 Å². The molecule has 0 saturated heterocycles. The van der Waals surface area contributed by atoms with Gasteiger partial charge in [0.2, 0.25) is 5.91 Å². The highest BCUT2D eigenvalue weighted by atomic mass is 32.2. The Morgan fingerprint density at radius 2 is 2.21 bits per heavy atom. The van der Waals surface area contributed by atoms with Crippen LogP contribution in [0.25, 0.3) is 0 Å². The smallest absolute Gasteiger partial charge is 0.321 e. The summed E-state index contributed by atoms with van der Waals surface area (Å²) in [6.07, 6.45) is 2.00. The topological polar surface area (TPSA) is 67.4 Å². The van der Waals surface area contributed by atoms with E-state index < -0.39 is 6.03 Å². The number of thioether (sulfide) groups is 1. The van der Waals surface area contributed by atoms with E-state index in [4.69, 9.17) is 4.74 Å². The van der Waals surface area contributed by atoms with E-state index >= 15 is 0 Å². The van der Waals surface area contributed by atoms with Gasteiger partial charge < -0.3 is 10.1 Å². The fourth-order valence-corrected chi connectivity index (χ4v) is 2.20. The quantitative estimate of drug-likeness (QED) is 0.807. The van der Waals surface area contributed by atoms with E-state index in [1.807, 2.05) is 24.3 Å². The van der Waals surface area contributed by atoms with Crippen LogP contribution in [0.15, 0.2) is 29.2 Å². The third-order valence-corrected chi connectivity index (χ3v) is 3.57. The molecule has 1 aromatic rings. The molecule has 0 bridgehead atoms. The number of carbonyl (C=O) groups excluding carboxylic acids is 2. The van der Waals surface area contributed by atoms with Gasteiger partial charge in [0.25, 0.3) is 0 Å².